The van der Waals surface area contributed by atoms with Crippen molar-refractivity contribution in [2.75, 3.05) is 13.2 Å². The van der Waals surface area contributed by atoms with Crippen LogP contribution < -0.4 is 10.1 Å². The number of hydrogen-bond donors (Lipinski definition) is 1. The summed E-state index contributed by atoms with van der Waals surface area (Å²) in [5, 5.41) is 2.59. The van der Waals surface area contributed by atoms with Gasteiger partial charge in [-0.05, 0) is 44.5 Å². The number of amides is 1. The van der Waals surface area contributed by atoms with Crippen LogP contribution in [0.3, 0.4) is 0 Å². The van der Waals surface area contributed by atoms with Crippen molar-refractivity contribution in [3.63, 3.8) is 0 Å². The Morgan fingerprint density at radius 1 is 1.20 bits per heavy atom. The molecule has 0 aliphatic carbocycles. The molecule has 1 aromatic rings. The van der Waals surface area contributed by atoms with Gasteiger partial charge in [0.1, 0.15) is 11.8 Å². The van der Waals surface area contributed by atoms with Gasteiger partial charge in [-0.25, -0.2) is 4.79 Å². The van der Waals surface area contributed by atoms with Gasteiger partial charge in [0.25, 0.3) is 5.91 Å². The highest BCUT2D eigenvalue weighted by Gasteiger charge is 2.17. The molecule has 1 N–H and O–H groups in total. The van der Waals surface area contributed by atoms with E-state index in [1.807, 2.05) is 6.92 Å². The molecule has 0 radical (unpaired) electrons. The van der Waals surface area contributed by atoms with E-state index in [0.29, 0.717) is 18.8 Å². The van der Waals surface area contributed by atoms with Crippen LogP contribution in [0.5, 0.6) is 5.75 Å². The Kier molecular flexibility index (Phi) is 6.56. The number of rotatable bonds is 7. The SMILES string of the molecule is CCCOc1ccc(C(=O)NC(C)C(=O)OCC)cc1. The fourth-order valence-corrected chi connectivity index (χ4v) is 1.53. The van der Waals surface area contributed by atoms with Gasteiger partial charge in [0.2, 0.25) is 0 Å². The van der Waals surface area contributed by atoms with Gasteiger partial charge in [0.15, 0.2) is 0 Å². The summed E-state index contributed by atoms with van der Waals surface area (Å²) >= 11 is 0. The summed E-state index contributed by atoms with van der Waals surface area (Å²) in [6, 6.07) is 6.13. The Hall–Kier alpha value is -2.04. The zero-order valence-corrected chi connectivity index (χ0v) is 12.1. The lowest BCUT2D eigenvalue weighted by atomic mass is 10.2. The molecule has 110 valence electrons. The molecule has 0 aromatic heterocycles. The molecule has 0 saturated carbocycles. The Morgan fingerprint density at radius 3 is 2.40 bits per heavy atom. The monoisotopic (exact) mass is 279 g/mol. The van der Waals surface area contributed by atoms with E-state index in [9.17, 15) is 9.59 Å². The van der Waals surface area contributed by atoms with E-state index in [4.69, 9.17) is 9.47 Å². The number of nitrogens with one attached hydrogen (secondary N) is 1. The normalized spacial score (nSPS) is 11.6. The predicted octanol–water partition coefficient (Wildman–Crippen LogP) is 2.16. The van der Waals surface area contributed by atoms with Gasteiger partial charge in [-0.3, -0.25) is 4.79 Å². The van der Waals surface area contributed by atoms with Gasteiger partial charge in [-0.1, -0.05) is 6.92 Å². The fraction of sp³-hybridized carbons (Fsp3) is 0.467. The third-order valence-corrected chi connectivity index (χ3v) is 2.58. The number of hydrogen-bond acceptors (Lipinski definition) is 4. The first-order chi connectivity index (χ1) is 9.58. The van der Waals surface area contributed by atoms with E-state index in [0.717, 1.165) is 12.2 Å². The zero-order valence-electron chi connectivity index (χ0n) is 12.1. The maximum atomic E-state index is 11.9. The van der Waals surface area contributed by atoms with E-state index < -0.39 is 12.0 Å². The van der Waals surface area contributed by atoms with Crippen molar-refractivity contribution in [3.8, 4) is 5.75 Å². The van der Waals surface area contributed by atoms with Gasteiger partial charge in [-0.15, -0.1) is 0 Å². The first kappa shape index (κ1) is 16.0. The van der Waals surface area contributed by atoms with Crippen LogP contribution in [0.2, 0.25) is 0 Å². The third kappa shape index (κ3) is 4.91. The second-order valence-electron chi connectivity index (χ2n) is 4.32. The average molecular weight is 279 g/mol. The first-order valence-electron chi connectivity index (χ1n) is 6.78. The third-order valence-electron chi connectivity index (χ3n) is 2.58. The van der Waals surface area contributed by atoms with E-state index in [2.05, 4.69) is 5.32 Å². The quantitative estimate of drug-likeness (QED) is 0.777. The molecule has 5 heteroatoms. The lowest BCUT2D eigenvalue weighted by Crippen LogP contribution is -2.39. The topological polar surface area (TPSA) is 64.6 Å². The standard InChI is InChI=1S/C15H21NO4/c1-4-10-20-13-8-6-12(7-9-13)14(17)16-11(3)15(18)19-5-2/h6-9,11H,4-5,10H2,1-3H3,(H,16,17). The van der Waals surface area contributed by atoms with Crippen molar-refractivity contribution < 1.29 is 19.1 Å². The van der Waals surface area contributed by atoms with Crippen LogP contribution >= 0.6 is 0 Å². The summed E-state index contributed by atoms with van der Waals surface area (Å²) in [6.45, 7) is 6.28. The van der Waals surface area contributed by atoms with Crippen LogP contribution in [0.25, 0.3) is 0 Å². The molecule has 0 fully saturated rings. The van der Waals surface area contributed by atoms with E-state index in [-0.39, 0.29) is 5.91 Å². The van der Waals surface area contributed by atoms with E-state index in [1.54, 1.807) is 38.1 Å². The fourth-order valence-electron chi connectivity index (χ4n) is 1.53. The van der Waals surface area contributed by atoms with Gasteiger partial charge in [0.05, 0.1) is 13.2 Å². The molecule has 0 aliphatic heterocycles. The molecule has 0 bridgehead atoms. The predicted molar refractivity (Wildman–Crippen MR) is 75.8 cm³/mol. The number of benzene rings is 1. The Labute approximate surface area is 119 Å². The highest BCUT2D eigenvalue weighted by molar-refractivity contribution is 5.96. The minimum absolute atomic E-state index is 0.294. The molecule has 1 atom stereocenters. The molecule has 1 rings (SSSR count). The molecule has 5 nitrogen and oxygen atoms in total. The molecule has 0 spiro atoms. The van der Waals surface area contributed by atoms with Crippen LogP contribution in [0.4, 0.5) is 0 Å². The molecular weight excluding hydrogens is 258 g/mol. The summed E-state index contributed by atoms with van der Waals surface area (Å²) in [7, 11) is 0. The van der Waals surface area contributed by atoms with Crippen LogP contribution in [0.15, 0.2) is 24.3 Å². The molecule has 0 aliphatic rings. The largest absolute Gasteiger partial charge is 0.494 e. The Morgan fingerprint density at radius 2 is 1.85 bits per heavy atom. The zero-order chi connectivity index (χ0) is 15.0. The average Bonchev–Trinajstić information content (AvgIpc) is 2.45. The van der Waals surface area contributed by atoms with Gasteiger partial charge in [0, 0.05) is 5.56 Å². The van der Waals surface area contributed by atoms with Crippen LogP contribution in [-0.2, 0) is 9.53 Å². The second kappa shape index (κ2) is 8.19. The molecule has 1 unspecified atom stereocenters. The smallest absolute Gasteiger partial charge is 0.328 e. The molecule has 20 heavy (non-hydrogen) atoms. The van der Waals surface area contributed by atoms with Gasteiger partial charge < -0.3 is 14.8 Å². The highest BCUT2D eigenvalue weighted by Crippen LogP contribution is 2.12. The van der Waals surface area contributed by atoms with Crippen molar-refractivity contribution in [1.82, 2.24) is 5.32 Å². The number of esters is 1. The van der Waals surface area contributed by atoms with Crippen LogP contribution in [-0.4, -0.2) is 31.1 Å². The Balaban J connectivity index is 2.57. The number of carbonyl (C=O) groups excluding carboxylic acids is 2. The van der Waals surface area contributed by atoms with Crippen molar-refractivity contribution >= 4 is 11.9 Å². The summed E-state index contributed by atoms with van der Waals surface area (Å²) < 4.78 is 10.3. The van der Waals surface area contributed by atoms with Crippen LogP contribution in [0.1, 0.15) is 37.6 Å². The van der Waals surface area contributed by atoms with Crippen molar-refractivity contribution in [2.24, 2.45) is 0 Å². The van der Waals surface area contributed by atoms with E-state index in [1.165, 1.54) is 0 Å². The number of carbonyl (C=O) groups is 2. The van der Waals surface area contributed by atoms with Gasteiger partial charge >= 0.3 is 5.97 Å². The second-order valence-corrected chi connectivity index (χ2v) is 4.32. The van der Waals surface area contributed by atoms with Crippen molar-refractivity contribution in [3.05, 3.63) is 29.8 Å². The summed E-state index contributed by atoms with van der Waals surface area (Å²) in [5.41, 5.74) is 0.477. The minimum atomic E-state index is -0.668. The minimum Gasteiger partial charge on any atom is -0.494 e. The Bertz CT molecular complexity index is 442. The maximum Gasteiger partial charge on any atom is 0.328 e. The summed E-state index contributed by atoms with van der Waals surface area (Å²) in [6.07, 6.45) is 0.930. The number of ether oxygens (including phenoxy) is 2. The molecule has 1 amide bonds. The molecule has 0 heterocycles. The lowest BCUT2D eigenvalue weighted by molar-refractivity contribution is -0.144. The molecule has 1 aromatic carbocycles. The van der Waals surface area contributed by atoms with Gasteiger partial charge in [-0.2, -0.15) is 0 Å². The van der Waals surface area contributed by atoms with E-state index >= 15 is 0 Å². The van der Waals surface area contributed by atoms with Crippen molar-refractivity contribution in [2.45, 2.75) is 33.2 Å². The highest BCUT2D eigenvalue weighted by atomic mass is 16.5. The lowest BCUT2D eigenvalue weighted by Gasteiger charge is -2.12. The first-order valence-corrected chi connectivity index (χ1v) is 6.78. The molecule has 0 saturated heterocycles. The maximum absolute atomic E-state index is 11.9. The molecular formula is C15H21NO4. The van der Waals surface area contributed by atoms with Crippen LogP contribution in [0, 0.1) is 0 Å². The van der Waals surface area contributed by atoms with Crippen molar-refractivity contribution in [1.29, 1.82) is 0 Å². The summed E-state index contributed by atoms with van der Waals surface area (Å²) in [5.74, 6) is -0.0295. The summed E-state index contributed by atoms with van der Waals surface area (Å²) in [4.78, 5) is 23.4.